The summed E-state index contributed by atoms with van der Waals surface area (Å²) in [4.78, 5) is 11.8. The fourth-order valence-corrected chi connectivity index (χ4v) is 2.48. The lowest BCUT2D eigenvalue weighted by Gasteiger charge is -2.27. The Morgan fingerprint density at radius 2 is 2.00 bits per heavy atom. The first-order valence-corrected chi connectivity index (χ1v) is 9.80. The third-order valence-corrected chi connectivity index (χ3v) is 4.02. The molecule has 0 spiro atoms. The largest absolute Gasteiger partial charge is 0.486 e. The van der Waals surface area contributed by atoms with Crippen molar-refractivity contribution in [2.45, 2.75) is 33.3 Å². The molecule has 0 aliphatic carbocycles. The van der Waals surface area contributed by atoms with Crippen LogP contribution >= 0.6 is 0 Å². The van der Waals surface area contributed by atoms with E-state index in [1.807, 2.05) is 6.07 Å². The SMILES string of the molecule is CC(C)(C)C(=O)OCC1COc2ccc(CCOS(C)(=O)=O)cc2O1. The first kappa shape index (κ1) is 19.5. The zero-order chi connectivity index (χ0) is 18.7. The summed E-state index contributed by atoms with van der Waals surface area (Å²) in [6.45, 7) is 5.82. The molecule has 1 aliphatic rings. The summed E-state index contributed by atoms with van der Waals surface area (Å²) in [5.74, 6) is 0.847. The van der Waals surface area contributed by atoms with E-state index in [9.17, 15) is 13.2 Å². The Bertz CT molecular complexity index is 719. The van der Waals surface area contributed by atoms with Gasteiger partial charge in [0.25, 0.3) is 10.1 Å². The van der Waals surface area contributed by atoms with Gasteiger partial charge >= 0.3 is 5.97 Å². The van der Waals surface area contributed by atoms with Crippen molar-refractivity contribution in [1.29, 1.82) is 0 Å². The Hall–Kier alpha value is -1.80. The molecule has 0 bridgehead atoms. The summed E-state index contributed by atoms with van der Waals surface area (Å²) in [7, 11) is -3.45. The maximum atomic E-state index is 11.8. The van der Waals surface area contributed by atoms with E-state index in [4.69, 9.17) is 18.4 Å². The highest BCUT2D eigenvalue weighted by Gasteiger charge is 2.27. The molecule has 1 aromatic carbocycles. The number of hydrogen-bond acceptors (Lipinski definition) is 7. The molecule has 0 fully saturated rings. The molecule has 0 radical (unpaired) electrons. The highest BCUT2D eigenvalue weighted by Crippen LogP contribution is 2.33. The number of ether oxygens (including phenoxy) is 3. The molecule has 0 N–H and O–H groups in total. The third-order valence-electron chi connectivity index (χ3n) is 3.43. The predicted octanol–water partition coefficient (Wildman–Crippen LogP) is 1.93. The highest BCUT2D eigenvalue weighted by atomic mass is 32.2. The van der Waals surface area contributed by atoms with Gasteiger partial charge in [0.1, 0.15) is 13.2 Å². The Morgan fingerprint density at radius 1 is 1.28 bits per heavy atom. The summed E-state index contributed by atoms with van der Waals surface area (Å²) in [5.41, 5.74) is 0.290. The molecule has 0 aromatic heterocycles. The monoisotopic (exact) mass is 372 g/mol. The lowest BCUT2D eigenvalue weighted by molar-refractivity contribution is -0.156. The number of esters is 1. The number of carbonyl (C=O) groups is 1. The third kappa shape index (κ3) is 6.21. The molecule has 1 heterocycles. The van der Waals surface area contributed by atoms with Crippen LogP contribution in [0.1, 0.15) is 26.3 Å². The van der Waals surface area contributed by atoms with Gasteiger partial charge in [0, 0.05) is 0 Å². The van der Waals surface area contributed by atoms with E-state index in [0.717, 1.165) is 11.8 Å². The first-order chi connectivity index (χ1) is 11.5. The van der Waals surface area contributed by atoms with Crippen LogP contribution in [0.4, 0.5) is 0 Å². The van der Waals surface area contributed by atoms with Crippen LogP contribution in [0.15, 0.2) is 18.2 Å². The smallest absolute Gasteiger partial charge is 0.311 e. The lowest BCUT2D eigenvalue weighted by Crippen LogP contribution is -2.36. The van der Waals surface area contributed by atoms with Crippen LogP contribution in [0.3, 0.4) is 0 Å². The number of benzene rings is 1. The van der Waals surface area contributed by atoms with E-state index in [-0.39, 0.29) is 25.3 Å². The Morgan fingerprint density at radius 3 is 2.64 bits per heavy atom. The van der Waals surface area contributed by atoms with Crippen LogP contribution in [0.25, 0.3) is 0 Å². The van der Waals surface area contributed by atoms with Crippen molar-refractivity contribution >= 4 is 16.1 Å². The molecule has 1 aromatic rings. The Balaban J connectivity index is 1.92. The molecule has 8 heteroatoms. The van der Waals surface area contributed by atoms with Crippen molar-refractivity contribution in [3.05, 3.63) is 23.8 Å². The van der Waals surface area contributed by atoms with E-state index in [2.05, 4.69) is 0 Å². The van der Waals surface area contributed by atoms with Gasteiger partial charge in [-0.1, -0.05) is 6.07 Å². The molecule has 0 saturated carbocycles. The Labute approximate surface area is 148 Å². The normalized spacial score (nSPS) is 17.2. The molecule has 0 saturated heterocycles. The molecule has 1 unspecified atom stereocenters. The molecule has 7 nitrogen and oxygen atoms in total. The van der Waals surface area contributed by atoms with Gasteiger partial charge in [0.05, 0.1) is 18.3 Å². The molecule has 0 amide bonds. The van der Waals surface area contributed by atoms with Gasteiger partial charge in [-0.2, -0.15) is 8.42 Å². The van der Waals surface area contributed by atoms with Crippen molar-refractivity contribution in [2.75, 3.05) is 26.1 Å². The van der Waals surface area contributed by atoms with Crippen molar-refractivity contribution < 1.29 is 31.6 Å². The maximum absolute atomic E-state index is 11.8. The van der Waals surface area contributed by atoms with Crippen LogP contribution in [0, 0.1) is 5.41 Å². The van der Waals surface area contributed by atoms with Gasteiger partial charge in [-0.25, -0.2) is 0 Å². The van der Waals surface area contributed by atoms with Crippen molar-refractivity contribution in [3.8, 4) is 11.5 Å². The second-order valence-corrected chi connectivity index (χ2v) is 8.60. The molecular formula is C17H24O7S. The quantitative estimate of drug-likeness (QED) is 0.557. The number of hydrogen-bond donors (Lipinski definition) is 0. The highest BCUT2D eigenvalue weighted by molar-refractivity contribution is 7.85. The predicted molar refractivity (Wildman–Crippen MR) is 91.3 cm³/mol. The minimum Gasteiger partial charge on any atom is -0.486 e. The second-order valence-electron chi connectivity index (χ2n) is 6.96. The molecular weight excluding hydrogens is 348 g/mol. The standard InChI is InChI=1S/C17H24O7S/c1-17(2,3)16(18)22-11-13-10-21-14-6-5-12(9-15(14)24-13)7-8-23-25(4,19)20/h5-6,9,13H,7-8,10-11H2,1-4H3. The lowest BCUT2D eigenvalue weighted by atomic mass is 9.97. The summed E-state index contributed by atoms with van der Waals surface area (Å²) in [6, 6.07) is 5.37. The van der Waals surface area contributed by atoms with E-state index < -0.39 is 15.5 Å². The summed E-state index contributed by atoms with van der Waals surface area (Å²) >= 11 is 0. The Kier molecular flexibility index (Phi) is 5.95. The minimum absolute atomic E-state index is 0.0606. The van der Waals surface area contributed by atoms with E-state index >= 15 is 0 Å². The zero-order valence-corrected chi connectivity index (χ0v) is 15.7. The first-order valence-electron chi connectivity index (χ1n) is 7.98. The van der Waals surface area contributed by atoms with Crippen LogP contribution in [0.2, 0.25) is 0 Å². The summed E-state index contributed by atoms with van der Waals surface area (Å²) < 4.78 is 43.4. The van der Waals surface area contributed by atoms with Gasteiger partial charge in [0.2, 0.25) is 0 Å². The van der Waals surface area contributed by atoms with Gasteiger partial charge in [-0.15, -0.1) is 0 Å². The number of rotatable bonds is 6. The summed E-state index contributed by atoms with van der Waals surface area (Å²) in [5, 5.41) is 0. The van der Waals surface area contributed by atoms with Crippen LogP contribution in [0.5, 0.6) is 11.5 Å². The van der Waals surface area contributed by atoms with Gasteiger partial charge in [-0.3, -0.25) is 8.98 Å². The molecule has 2 rings (SSSR count). The van der Waals surface area contributed by atoms with Crippen molar-refractivity contribution in [3.63, 3.8) is 0 Å². The van der Waals surface area contributed by atoms with E-state index in [1.165, 1.54) is 0 Å². The second kappa shape index (κ2) is 7.61. The average molecular weight is 372 g/mol. The van der Waals surface area contributed by atoms with Gasteiger partial charge in [0.15, 0.2) is 17.6 Å². The maximum Gasteiger partial charge on any atom is 0.311 e. The fourth-order valence-electron chi connectivity index (χ4n) is 2.09. The van der Waals surface area contributed by atoms with Gasteiger partial charge < -0.3 is 14.2 Å². The molecule has 25 heavy (non-hydrogen) atoms. The molecule has 1 aliphatic heterocycles. The van der Waals surface area contributed by atoms with E-state index in [1.54, 1.807) is 32.9 Å². The summed E-state index contributed by atoms with van der Waals surface area (Å²) in [6.07, 6.45) is 1.05. The van der Waals surface area contributed by atoms with Crippen LogP contribution < -0.4 is 9.47 Å². The van der Waals surface area contributed by atoms with Gasteiger partial charge in [-0.05, 0) is 44.9 Å². The number of carbonyl (C=O) groups excluding carboxylic acids is 1. The fraction of sp³-hybridized carbons (Fsp3) is 0.588. The average Bonchev–Trinajstić information content (AvgIpc) is 2.50. The van der Waals surface area contributed by atoms with Crippen LogP contribution in [-0.4, -0.2) is 46.6 Å². The van der Waals surface area contributed by atoms with Crippen LogP contribution in [-0.2, 0) is 30.3 Å². The topological polar surface area (TPSA) is 88.1 Å². The molecule has 140 valence electrons. The zero-order valence-electron chi connectivity index (χ0n) is 14.9. The minimum atomic E-state index is -3.45. The van der Waals surface area contributed by atoms with Crippen molar-refractivity contribution in [1.82, 2.24) is 0 Å². The molecule has 1 atom stereocenters. The number of fused-ring (bicyclic) bond motifs is 1. The van der Waals surface area contributed by atoms with E-state index in [0.29, 0.717) is 24.5 Å². The van der Waals surface area contributed by atoms with Crippen molar-refractivity contribution in [2.24, 2.45) is 5.41 Å².